The molecule has 1 rings (SSSR count). The van der Waals surface area contributed by atoms with Crippen molar-refractivity contribution in [1.29, 1.82) is 0 Å². The van der Waals surface area contributed by atoms with Crippen molar-refractivity contribution in [2.45, 2.75) is 12.3 Å². The number of nitrogens with two attached hydrogens (primary N) is 1. The van der Waals surface area contributed by atoms with Gasteiger partial charge in [-0.25, -0.2) is 13.8 Å². The highest BCUT2D eigenvalue weighted by atomic mass is 35.5. The fourth-order valence-electron chi connectivity index (χ4n) is 1.10. The van der Waals surface area contributed by atoms with Crippen LogP contribution in [0.4, 0.5) is 20.3 Å². The summed E-state index contributed by atoms with van der Waals surface area (Å²) < 4.78 is 25.0. The Morgan fingerprint density at radius 1 is 1.67 bits per heavy atom. The van der Waals surface area contributed by atoms with E-state index in [0.29, 0.717) is 0 Å². The third-order valence-corrected chi connectivity index (χ3v) is 2.03. The van der Waals surface area contributed by atoms with Crippen LogP contribution in [0.15, 0.2) is 6.20 Å². The molecule has 0 unspecified atom stereocenters. The van der Waals surface area contributed by atoms with Crippen LogP contribution < -0.4 is 5.73 Å². The minimum Gasteiger partial charge on any atom is -0.383 e. The molecule has 5 nitrogen and oxygen atoms in total. The molecule has 1 heterocycles. The number of pyridine rings is 1. The van der Waals surface area contributed by atoms with Gasteiger partial charge >= 0.3 is 0 Å². The molecule has 0 bridgehead atoms. The second-order valence-electron chi connectivity index (χ2n) is 2.62. The third-order valence-electron chi connectivity index (χ3n) is 1.74. The van der Waals surface area contributed by atoms with Crippen molar-refractivity contribution in [2.75, 3.05) is 5.73 Å². The zero-order valence-electron chi connectivity index (χ0n) is 7.28. The lowest BCUT2D eigenvalue weighted by Gasteiger charge is -2.07. The van der Waals surface area contributed by atoms with Gasteiger partial charge in [0, 0.05) is 6.20 Å². The summed E-state index contributed by atoms with van der Waals surface area (Å²) in [6, 6.07) is 0. The molecule has 82 valence electrons. The van der Waals surface area contributed by atoms with Gasteiger partial charge in [0.15, 0.2) is 0 Å². The standard InChI is InChI=1S/C7H6ClF2N3O2/c8-1-3-2-12-7(11)4(6(9)10)5(3)13(14)15/h2,6H,1H2,(H2,11,12). The molecule has 0 aliphatic heterocycles. The predicted molar refractivity (Wildman–Crippen MR) is 49.8 cm³/mol. The minimum absolute atomic E-state index is 0.0776. The molecule has 0 spiro atoms. The van der Waals surface area contributed by atoms with Crippen molar-refractivity contribution in [2.24, 2.45) is 0 Å². The number of anilines is 1. The second-order valence-corrected chi connectivity index (χ2v) is 2.89. The Morgan fingerprint density at radius 3 is 2.67 bits per heavy atom. The van der Waals surface area contributed by atoms with Crippen LogP contribution in [-0.4, -0.2) is 9.91 Å². The van der Waals surface area contributed by atoms with E-state index in [1.165, 1.54) is 0 Å². The Morgan fingerprint density at radius 2 is 2.27 bits per heavy atom. The van der Waals surface area contributed by atoms with Crippen molar-refractivity contribution in [1.82, 2.24) is 4.98 Å². The van der Waals surface area contributed by atoms with Gasteiger partial charge < -0.3 is 5.73 Å². The lowest BCUT2D eigenvalue weighted by atomic mass is 10.1. The molecule has 0 saturated carbocycles. The number of nitrogens with zero attached hydrogens (tertiary/aromatic N) is 2. The molecule has 0 saturated heterocycles. The van der Waals surface area contributed by atoms with Crippen LogP contribution in [-0.2, 0) is 5.88 Å². The summed E-state index contributed by atoms with van der Waals surface area (Å²) in [6.45, 7) is 0. The van der Waals surface area contributed by atoms with Gasteiger partial charge in [0.05, 0.1) is 16.4 Å². The van der Waals surface area contributed by atoms with Crippen molar-refractivity contribution in [3.63, 3.8) is 0 Å². The van der Waals surface area contributed by atoms with Crippen LogP contribution >= 0.6 is 11.6 Å². The topological polar surface area (TPSA) is 82.0 Å². The molecule has 1 aromatic heterocycles. The molecule has 0 fully saturated rings. The van der Waals surface area contributed by atoms with Crippen molar-refractivity contribution in [3.05, 3.63) is 27.4 Å². The summed E-state index contributed by atoms with van der Waals surface area (Å²) in [6.07, 6.45) is -2.03. The molecule has 0 atom stereocenters. The predicted octanol–water partition coefficient (Wildman–Crippen LogP) is 2.25. The van der Waals surface area contributed by atoms with Gasteiger partial charge in [-0.2, -0.15) is 0 Å². The number of alkyl halides is 3. The number of rotatable bonds is 3. The summed E-state index contributed by atoms with van der Waals surface area (Å²) in [4.78, 5) is 13.1. The number of hydrogen-bond donors (Lipinski definition) is 1. The lowest BCUT2D eigenvalue weighted by molar-refractivity contribution is -0.386. The molecule has 1 aromatic rings. The Bertz CT molecular complexity index is 400. The normalized spacial score (nSPS) is 10.7. The Kier molecular flexibility index (Phi) is 3.35. The van der Waals surface area contributed by atoms with Gasteiger partial charge in [-0.1, -0.05) is 0 Å². The highest BCUT2D eigenvalue weighted by Crippen LogP contribution is 2.35. The summed E-state index contributed by atoms with van der Waals surface area (Å²) in [5, 5.41) is 10.6. The first kappa shape index (κ1) is 11.6. The molecule has 8 heteroatoms. The summed E-state index contributed by atoms with van der Waals surface area (Å²) >= 11 is 5.37. The minimum atomic E-state index is -3.05. The van der Waals surface area contributed by atoms with Gasteiger partial charge in [0.25, 0.3) is 12.1 Å². The fraction of sp³-hybridized carbons (Fsp3) is 0.286. The van der Waals surface area contributed by atoms with E-state index in [-0.39, 0.29) is 11.4 Å². The van der Waals surface area contributed by atoms with Crippen molar-refractivity contribution >= 4 is 23.1 Å². The molecule has 0 aromatic carbocycles. The molecule has 2 N–H and O–H groups in total. The van der Waals surface area contributed by atoms with Gasteiger partial charge in [-0.3, -0.25) is 10.1 Å². The van der Waals surface area contributed by atoms with E-state index >= 15 is 0 Å². The van der Waals surface area contributed by atoms with Gasteiger partial charge in [0.1, 0.15) is 11.4 Å². The summed E-state index contributed by atoms with van der Waals surface area (Å²) in [5.74, 6) is -0.825. The molecule has 0 aliphatic carbocycles. The van der Waals surface area contributed by atoms with Crippen molar-refractivity contribution in [3.8, 4) is 0 Å². The Balaban J connectivity index is 3.51. The monoisotopic (exact) mass is 237 g/mol. The molecular weight excluding hydrogens is 232 g/mol. The number of nitrogen functional groups attached to an aromatic ring is 1. The number of aromatic nitrogens is 1. The summed E-state index contributed by atoms with van der Waals surface area (Å²) in [7, 11) is 0. The Hall–Kier alpha value is -1.50. The average molecular weight is 238 g/mol. The quantitative estimate of drug-likeness (QED) is 0.497. The van der Waals surface area contributed by atoms with Crippen molar-refractivity contribution < 1.29 is 13.7 Å². The van der Waals surface area contributed by atoms with Crippen LogP contribution in [0.5, 0.6) is 0 Å². The van der Waals surface area contributed by atoms with Gasteiger partial charge in [-0.15, -0.1) is 11.6 Å². The average Bonchev–Trinajstić information content (AvgIpc) is 2.16. The molecule has 15 heavy (non-hydrogen) atoms. The largest absolute Gasteiger partial charge is 0.383 e. The van der Waals surface area contributed by atoms with E-state index < -0.39 is 28.4 Å². The first-order chi connectivity index (χ1) is 6.99. The maximum absolute atomic E-state index is 12.5. The highest BCUT2D eigenvalue weighted by Gasteiger charge is 2.28. The zero-order chi connectivity index (χ0) is 11.6. The molecular formula is C7H6ClF2N3O2. The van der Waals surface area contributed by atoms with E-state index in [9.17, 15) is 18.9 Å². The number of halogens is 3. The maximum atomic E-state index is 12.5. The first-order valence-electron chi connectivity index (χ1n) is 3.74. The van der Waals surface area contributed by atoms with E-state index in [2.05, 4.69) is 4.98 Å². The van der Waals surface area contributed by atoms with E-state index in [0.717, 1.165) is 6.20 Å². The smallest absolute Gasteiger partial charge is 0.287 e. The van der Waals surface area contributed by atoms with Crippen LogP contribution in [0.2, 0.25) is 0 Å². The first-order valence-corrected chi connectivity index (χ1v) is 4.28. The van der Waals surface area contributed by atoms with Crippen LogP contribution in [0.1, 0.15) is 17.6 Å². The third kappa shape index (κ3) is 2.12. The molecule has 0 aliphatic rings. The SMILES string of the molecule is Nc1ncc(CCl)c([N+](=O)[O-])c1C(F)F. The molecule has 0 radical (unpaired) electrons. The fourth-order valence-corrected chi connectivity index (χ4v) is 1.30. The highest BCUT2D eigenvalue weighted by molar-refractivity contribution is 6.17. The van der Waals surface area contributed by atoms with E-state index in [1.54, 1.807) is 0 Å². The lowest BCUT2D eigenvalue weighted by Crippen LogP contribution is -2.06. The van der Waals surface area contributed by atoms with Crippen LogP contribution in [0.3, 0.4) is 0 Å². The zero-order valence-corrected chi connectivity index (χ0v) is 8.04. The summed E-state index contributed by atoms with van der Waals surface area (Å²) in [5.41, 5.74) is 3.43. The van der Waals surface area contributed by atoms with Gasteiger partial charge in [-0.05, 0) is 0 Å². The number of nitro groups is 1. The maximum Gasteiger partial charge on any atom is 0.287 e. The second kappa shape index (κ2) is 4.35. The van der Waals surface area contributed by atoms with Gasteiger partial charge in [0.2, 0.25) is 0 Å². The molecule has 0 amide bonds. The van der Waals surface area contributed by atoms with E-state index in [1.807, 2.05) is 0 Å². The van der Waals surface area contributed by atoms with E-state index in [4.69, 9.17) is 17.3 Å². The van der Waals surface area contributed by atoms with Crippen LogP contribution in [0.25, 0.3) is 0 Å². The van der Waals surface area contributed by atoms with Crippen LogP contribution in [0, 0.1) is 10.1 Å². The Labute approximate surface area is 88.0 Å². The number of hydrogen-bond acceptors (Lipinski definition) is 4.